The van der Waals surface area contributed by atoms with Gasteiger partial charge in [0.25, 0.3) is 5.91 Å². The van der Waals surface area contributed by atoms with Crippen LogP contribution in [0.1, 0.15) is 28.8 Å². The van der Waals surface area contributed by atoms with Crippen LogP contribution in [-0.4, -0.2) is 41.7 Å². The number of carbonyl (C=O) groups is 1. The van der Waals surface area contributed by atoms with E-state index in [-0.39, 0.29) is 17.9 Å². The third kappa shape index (κ3) is 4.25. The Morgan fingerprint density at radius 1 is 1.39 bits per heavy atom. The minimum atomic E-state index is -4.54. The van der Waals surface area contributed by atoms with Gasteiger partial charge < -0.3 is 14.7 Å². The highest BCUT2D eigenvalue weighted by Gasteiger charge is 2.33. The maximum absolute atomic E-state index is 12.9. The first-order valence-electron chi connectivity index (χ1n) is 7.25. The van der Waals surface area contributed by atoms with Crippen molar-refractivity contribution in [2.45, 2.75) is 25.1 Å². The van der Waals surface area contributed by atoms with Crippen molar-refractivity contribution >= 4 is 5.91 Å². The zero-order chi connectivity index (χ0) is 17.0. The van der Waals surface area contributed by atoms with Crippen LogP contribution in [0.2, 0.25) is 0 Å². The van der Waals surface area contributed by atoms with E-state index in [1.807, 2.05) is 0 Å². The second kappa shape index (κ2) is 7.04. The van der Waals surface area contributed by atoms with Crippen LogP contribution in [0.5, 0.6) is 5.75 Å². The SMILES string of the molecule is C=CCOc1ccc(C(F)(F)F)cc1C(=O)N1CCC(O)CC1. The van der Waals surface area contributed by atoms with Crippen molar-refractivity contribution in [1.82, 2.24) is 4.90 Å². The van der Waals surface area contributed by atoms with Gasteiger partial charge in [-0.2, -0.15) is 13.2 Å². The van der Waals surface area contributed by atoms with Gasteiger partial charge in [-0.15, -0.1) is 0 Å². The number of alkyl halides is 3. The van der Waals surface area contributed by atoms with Gasteiger partial charge in [-0.3, -0.25) is 4.79 Å². The summed E-state index contributed by atoms with van der Waals surface area (Å²) < 4.78 is 44.0. The second-order valence-corrected chi connectivity index (χ2v) is 5.33. The molecule has 4 nitrogen and oxygen atoms in total. The Bertz CT molecular complexity index is 578. The molecule has 0 radical (unpaired) electrons. The molecule has 1 aromatic rings. The zero-order valence-electron chi connectivity index (χ0n) is 12.5. The van der Waals surface area contributed by atoms with Crippen molar-refractivity contribution < 1.29 is 27.8 Å². The Balaban J connectivity index is 2.31. The Hall–Kier alpha value is -2.02. The number of aliphatic hydroxyl groups excluding tert-OH is 1. The van der Waals surface area contributed by atoms with Crippen LogP contribution >= 0.6 is 0 Å². The van der Waals surface area contributed by atoms with E-state index in [4.69, 9.17) is 4.74 Å². The van der Waals surface area contributed by atoms with E-state index in [2.05, 4.69) is 6.58 Å². The number of halogens is 3. The normalized spacial score (nSPS) is 16.3. The average molecular weight is 329 g/mol. The summed E-state index contributed by atoms with van der Waals surface area (Å²) in [5.41, 5.74) is -1.03. The smallest absolute Gasteiger partial charge is 0.416 e. The van der Waals surface area contributed by atoms with Gasteiger partial charge in [0.2, 0.25) is 0 Å². The first-order chi connectivity index (χ1) is 10.8. The van der Waals surface area contributed by atoms with Crippen LogP contribution in [0, 0.1) is 0 Å². The number of aliphatic hydroxyl groups is 1. The minimum absolute atomic E-state index is 0.0877. The van der Waals surface area contributed by atoms with Crippen LogP contribution in [0.4, 0.5) is 13.2 Å². The summed E-state index contributed by atoms with van der Waals surface area (Å²) in [6.45, 7) is 4.17. The lowest BCUT2D eigenvalue weighted by molar-refractivity contribution is -0.137. The molecule has 1 amide bonds. The first-order valence-corrected chi connectivity index (χ1v) is 7.25. The van der Waals surface area contributed by atoms with Gasteiger partial charge in [0.05, 0.1) is 17.2 Å². The number of likely N-dealkylation sites (tertiary alicyclic amines) is 1. The summed E-state index contributed by atoms with van der Waals surface area (Å²) in [5.74, 6) is -0.434. The van der Waals surface area contributed by atoms with Crippen molar-refractivity contribution in [2.24, 2.45) is 0 Å². The first kappa shape index (κ1) is 17.3. The Labute approximate surface area is 132 Å². The van der Waals surface area contributed by atoms with Gasteiger partial charge in [-0.25, -0.2) is 0 Å². The molecule has 1 N–H and O–H groups in total. The molecular weight excluding hydrogens is 311 g/mol. The maximum atomic E-state index is 12.9. The van der Waals surface area contributed by atoms with E-state index in [1.54, 1.807) is 0 Å². The predicted octanol–water partition coefficient (Wildman–Crippen LogP) is 2.87. The fraction of sp³-hybridized carbons (Fsp3) is 0.438. The van der Waals surface area contributed by atoms with Crippen molar-refractivity contribution in [3.05, 3.63) is 42.0 Å². The number of benzene rings is 1. The summed E-state index contributed by atoms with van der Waals surface area (Å²) in [4.78, 5) is 14.0. The van der Waals surface area contributed by atoms with E-state index in [9.17, 15) is 23.1 Å². The lowest BCUT2D eigenvalue weighted by Gasteiger charge is -2.30. The maximum Gasteiger partial charge on any atom is 0.416 e. The lowest BCUT2D eigenvalue weighted by atomic mass is 10.0. The molecule has 0 spiro atoms. The molecule has 0 saturated carbocycles. The standard InChI is InChI=1S/C16H18F3NO3/c1-2-9-23-14-4-3-11(16(17,18)19)10-13(14)15(22)20-7-5-12(21)6-8-20/h2-4,10,12,21H,1,5-9H2. The highest BCUT2D eigenvalue weighted by Crippen LogP contribution is 2.33. The van der Waals surface area contributed by atoms with E-state index in [0.29, 0.717) is 25.9 Å². The van der Waals surface area contributed by atoms with Gasteiger partial charge in [0, 0.05) is 13.1 Å². The number of carbonyl (C=O) groups excluding carboxylic acids is 1. The Kier molecular flexibility index (Phi) is 5.30. The number of piperidine rings is 1. The minimum Gasteiger partial charge on any atom is -0.489 e. The quantitative estimate of drug-likeness (QED) is 0.864. The lowest BCUT2D eigenvalue weighted by Crippen LogP contribution is -2.40. The molecule has 1 aliphatic heterocycles. The van der Waals surface area contributed by atoms with Gasteiger partial charge in [0.15, 0.2) is 0 Å². The summed E-state index contributed by atoms with van der Waals surface area (Å²) >= 11 is 0. The van der Waals surface area contributed by atoms with Crippen LogP contribution in [-0.2, 0) is 6.18 Å². The molecule has 1 heterocycles. The highest BCUT2D eigenvalue weighted by molar-refractivity contribution is 5.97. The van der Waals surface area contributed by atoms with Crippen molar-refractivity contribution in [3.8, 4) is 5.75 Å². The molecule has 1 fully saturated rings. The topological polar surface area (TPSA) is 49.8 Å². The molecule has 0 bridgehead atoms. The molecule has 1 aliphatic rings. The van der Waals surface area contributed by atoms with Crippen molar-refractivity contribution in [3.63, 3.8) is 0 Å². The molecule has 23 heavy (non-hydrogen) atoms. The predicted molar refractivity (Wildman–Crippen MR) is 78.3 cm³/mol. The fourth-order valence-corrected chi connectivity index (χ4v) is 2.39. The highest BCUT2D eigenvalue weighted by atomic mass is 19.4. The van der Waals surface area contributed by atoms with E-state index in [1.165, 1.54) is 11.0 Å². The molecule has 0 unspecified atom stereocenters. The number of amides is 1. The van der Waals surface area contributed by atoms with Gasteiger partial charge in [-0.1, -0.05) is 12.7 Å². The Morgan fingerprint density at radius 2 is 2.04 bits per heavy atom. The number of rotatable bonds is 4. The van der Waals surface area contributed by atoms with Crippen LogP contribution in [0.25, 0.3) is 0 Å². The summed E-state index contributed by atoms with van der Waals surface area (Å²) in [6, 6.07) is 2.85. The summed E-state index contributed by atoms with van der Waals surface area (Å²) in [7, 11) is 0. The number of hydrogen-bond donors (Lipinski definition) is 1. The molecule has 2 rings (SSSR count). The van der Waals surface area contributed by atoms with Crippen molar-refractivity contribution in [2.75, 3.05) is 19.7 Å². The van der Waals surface area contributed by atoms with E-state index >= 15 is 0 Å². The van der Waals surface area contributed by atoms with Crippen LogP contribution in [0.3, 0.4) is 0 Å². The molecule has 0 aromatic heterocycles. The van der Waals surface area contributed by atoms with Crippen molar-refractivity contribution in [1.29, 1.82) is 0 Å². The fourth-order valence-electron chi connectivity index (χ4n) is 2.39. The molecule has 1 saturated heterocycles. The monoisotopic (exact) mass is 329 g/mol. The Morgan fingerprint density at radius 3 is 2.61 bits per heavy atom. The molecular formula is C16H18F3NO3. The largest absolute Gasteiger partial charge is 0.489 e. The molecule has 0 atom stereocenters. The second-order valence-electron chi connectivity index (χ2n) is 5.33. The number of hydrogen-bond acceptors (Lipinski definition) is 3. The molecule has 1 aromatic carbocycles. The van der Waals surface area contributed by atoms with Gasteiger partial charge >= 0.3 is 6.18 Å². The molecule has 0 aliphatic carbocycles. The van der Waals surface area contributed by atoms with Gasteiger partial charge in [0.1, 0.15) is 12.4 Å². The number of ether oxygens (including phenoxy) is 1. The third-order valence-corrected chi connectivity index (χ3v) is 3.65. The molecule has 126 valence electrons. The third-order valence-electron chi connectivity index (χ3n) is 3.65. The van der Waals surface area contributed by atoms with Gasteiger partial charge in [-0.05, 0) is 31.0 Å². The van der Waals surface area contributed by atoms with Crippen LogP contribution in [0.15, 0.2) is 30.9 Å². The summed E-state index contributed by atoms with van der Waals surface area (Å²) in [6.07, 6.45) is -2.74. The zero-order valence-corrected chi connectivity index (χ0v) is 12.5. The summed E-state index contributed by atoms with van der Waals surface area (Å²) in [5, 5.41) is 9.48. The van der Waals surface area contributed by atoms with E-state index < -0.39 is 23.8 Å². The number of nitrogens with zero attached hydrogens (tertiary/aromatic N) is 1. The average Bonchev–Trinajstić information content (AvgIpc) is 2.52. The molecule has 7 heteroatoms. The van der Waals surface area contributed by atoms with Crippen LogP contribution < -0.4 is 4.74 Å². The van der Waals surface area contributed by atoms with E-state index in [0.717, 1.165) is 18.2 Å².